The predicted octanol–water partition coefficient (Wildman–Crippen LogP) is 3.19. The number of carboxylic acids is 1. The largest absolute Gasteiger partial charge is 0.545 e. The molecule has 1 aliphatic heterocycles. The second-order valence-electron chi connectivity index (χ2n) is 7.05. The van der Waals surface area contributed by atoms with Crippen LogP contribution < -0.4 is 10.0 Å². The van der Waals surface area contributed by atoms with Gasteiger partial charge in [0.05, 0.1) is 17.7 Å². The van der Waals surface area contributed by atoms with Gasteiger partial charge in [-0.3, -0.25) is 14.8 Å². The first-order valence-corrected chi connectivity index (χ1v) is 9.49. The Balaban J connectivity index is 1.69. The van der Waals surface area contributed by atoms with Gasteiger partial charge in [-0.1, -0.05) is 72.8 Å². The number of aromatic amines is 1. The molecule has 1 aromatic heterocycles. The zero-order valence-corrected chi connectivity index (χ0v) is 15.8. The van der Waals surface area contributed by atoms with E-state index in [0.29, 0.717) is 11.4 Å². The van der Waals surface area contributed by atoms with Gasteiger partial charge in [-0.15, -0.1) is 0 Å². The number of carbonyl (C=O) groups is 2. The Morgan fingerprint density at radius 1 is 0.900 bits per heavy atom. The highest BCUT2D eigenvalue weighted by atomic mass is 16.4. The summed E-state index contributed by atoms with van der Waals surface area (Å²) in [5.41, 5.74) is 4.48. The van der Waals surface area contributed by atoms with E-state index in [0.717, 1.165) is 22.4 Å². The monoisotopic (exact) mass is 394 g/mol. The molecule has 5 rings (SSSR count). The van der Waals surface area contributed by atoms with Crippen molar-refractivity contribution in [2.75, 3.05) is 4.90 Å². The number of H-pyrrole nitrogens is 1. The molecular formula is C24H16N3O3-. The lowest BCUT2D eigenvalue weighted by Crippen LogP contribution is -2.29. The molecule has 1 N–H and O–H groups in total. The summed E-state index contributed by atoms with van der Waals surface area (Å²) < 4.78 is 0. The number of aromatic nitrogens is 2. The van der Waals surface area contributed by atoms with Crippen LogP contribution in [-0.2, 0) is 0 Å². The molecule has 0 unspecified atom stereocenters. The van der Waals surface area contributed by atoms with Gasteiger partial charge in [0, 0.05) is 16.8 Å². The molecule has 6 nitrogen and oxygen atoms in total. The number of carboxylic acid groups (broad SMARTS) is 1. The average Bonchev–Trinajstić information content (AvgIpc) is 3.34. The number of aromatic carboxylic acids is 1. The maximum absolute atomic E-state index is 13.4. The topological polar surface area (TPSA) is 89.1 Å². The van der Waals surface area contributed by atoms with Crippen LogP contribution in [0.25, 0.3) is 11.3 Å². The quantitative estimate of drug-likeness (QED) is 0.576. The van der Waals surface area contributed by atoms with Gasteiger partial charge in [0.25, 0.3) is 5.91 Å². The third-order valence-electron chi connectivity index (χ3n) is 5.31. The summed E-state index contributed by atoms with van der Waals surface area (Å²) in [5.74, 6) is -1.47. The Labute approximate surface area is 172 Å². The molecule has 2 heterocycles. The molecule has 0 fully saturated rings. The number of anilines is 1. The van der Waals surface area contributed by atoms with Crippen molar-refractivity contribution in [3.63, 3.8) is 0 Å². The Morgan fingerprint density at radius 2 is 1.53 bits per heavy atom. The summed E-state index contributed by atoms with van der Waals surface area (Å²) in [5, 5.41) is 18.5. The fourth-order valence-corrected chi connectivity index (χ4v) is 3.94. The maximum Gasteiger partial charge on any atom is 0.277 e. The molecule has 4 aromatic rings. The molecule has 3 aromatic carbocycles. The van der Waals surface area contributed by atoms with E-state index < -0.39 is 12.0 Å². The second kappa shape index (κ2) is 7.00. The minimum absolute atomic E-state index is 0.0619. The number of hydrogen-bond donors (Lipinski definition) is 1. The predicted molar refractivity (Wildman–Crippen MR) is 110 cm³/mol. The van der Waals surface area contributed by atoms with Gasteiger partial charge in [-0.05, 0) is 23.3 Å². The van der Waals surface area contributed by atoms with Gasteiger partial charge in [0.15, 0.2) is 0 Å². The van der Waals surface area contributed by atoms with Gasteiger partial charge in [-0.25, -0.2) is 0 Å². The number of carbonyl (C=O) groups excluding carboxylic acids is 2. The van der Waals surface area contributed by atoms with Crippen molar-refractivity contribution < 1.29 is 14.7 Å². The molecule has 1 amide bonds. The average molecular weight is 394 g/mol. The molecule has 0 saturated carbocycles. The summed E-state index contributed by atoms with van der Waals surface area (Å²) in [4.78, 5) is 26.2. The van der Waals surface area contributed by atoms with Crippen LogP contribution in [0, 0.1) is 0 Å². The van der Waals surface area contributed by atoms with E-state index in [1.54, 1.807) is 17.0 Å². The van der Waals surface area contributed by atoms with Crippen LogP contribution in [0.3, 0.4) is 0 Å². The maximum atomic E-state index is 13.4. The minimum atomic E-state index is -1.25. The van der Waals surface area contributed by atoms with Crippen LogP contribution in [0.2, 0.25) is 0 Å². The van der Waals surface area contributed by atoms with E-state index in [-0.39, 0.29) is 11.5 Å². The van der Waals surface area contributed by atoms with Crippen LogP contribution in [0.4, 0.5) is 5.69 Å². The molecule has 0 radical (unpaired) electrons. The molecule has 1 atom stereocenters. The van der Waals surface area contributed by atoms with E-state index >= 15 is 0 Å². The lowest BCUT2D eigenvalue weighted by Gasteiger charge is -2.26. The van der Waals surface area contributed by atoms with Crippen LogP contribution in [0.15, 0.2) is 84.9 Å². The van der Waals surface area contributed by atoms with Crippen molar-refractivity contribution in [2.45, 2.75) is 6.04 Å². The van der Waals surface area contributed by atoms with Gasteiger partial charge in [0.2, 0.25) is 0 Å². The lowest BCUT2D eigenvalue weighted by molar-refractivity contribution is -0.255. The molecule has 30 heavy (non-hydrogen) atoms. The third-order valence-corrected chi connectivity index (χ3v) is 5.31. The fourth-order valence-electron chi connectivity index (χ4n) is 3.94. The van der Waals surface area contributed by atoms with E-state index in [4.69, 9.17) is 0 Å². The van der Waals surface area contributed by atoms with Gasteiger partial charge >= 0.3 is 0 Å². The first-order chi connectivity index (χ1) is 14.6. The summed E-state index contributed by atoms with van der Waals surface area (Å²) in [7, 11) is 0. The van der Waals surface area contributed by atoms with Crippen molar-refractivity contribution in [2.24, 2.45) is 0 Å². The first kappa shape index (κ1) is 17.9. The molecule has 0 bridgehead atoms. The fraction of sp³-hybridized carbons (Fsp3) is 0.0417. The van der Waals surface area contributed by atoms with E-state index in [1.807, 2.05) is 60.7 Å². The van der Waals surface area contributed by atoms with Crippen molar-refractivity contribution in [3.8, 4) is 11.3 Å². The van der Waals surface area contributed by atoms with Gasteiger partial charge in [-0.2, -0.15) is 5.10 Å². The van der Waals surface area contributed by atoms with Crippen LogP contribution in [0.1, 0.15) is 38.0 Å². The van der Waals surface area contributed by atoms with E-state index in [9.17, 15) is 14.7 Å². The Kier molecular flexibility index (Phi) is 4.17. The van der Waals surface area contributed by atoms with Crippen LogP contribution >= 0.6 is 0 Å². The highest BCUT2D eigenvalue weighted by molar-refractivity contribution is 6.11. The van der Waals surface area contributed by atoms with E-state index in [1.165, 1.54) is 12.1 Å². The Bertz CT molecular complexity index is 1230. The molecule has 146 valence electrons. The van der Waals surface area contributed by atoms with Crippen molar-refractivity contribution >= 4 is 17.6 Å². The number of rotatable bonds is 4. The van der Waals surface area contributed by atoms with Crippen molar-refractivity contribution in [1.82, 2.24) is 10.2 Å². The number of amides is 1. The standard InChI is InChI=1S/C24H17N3O3/c28-23-21-19(20(25-26-21)15-7-3-1-4-8-15)22(16-9-5-2-6-10-16)27(23)18-13-11-17(12-14-18)24(29)30/h1-14,22H,(H,25,26)(H,29,30)/p-1/t22-/m1/s1. The number of nitrogens with zero attached hydrogens (tertiary/aromatic N) is 2. The number of fused-ring (bicyclic) bond motifs is 1. The van der Waals surface area contributed by atoms with Gasteiger partial charge in [0.1, 0.15) is 5.69 Å². The van der Waals surface area contributed by atoms with Crippen LogP contribution in [-0.4, -0.2) is 22.1 Å². The molecule has 0 saturated heterocycles. The summed E-state index contributed by atoms with van der Waals surface area (Å²) in [6.45, 7) is 0. The molecular weight excluding hydrogens is 378 g/mol. The zero-order chi connectivity index (χ0) is 20.7. The van der Waals surface area contributed by atoms with Crippen LogP contribution in [0.5, 0.6) is 0 Å². The highest BCUT2D eigenvalue weighted by Crippen LogP contribution is 2.44. The number of benzene rings is 3. The smallest absolute Gasteiger partial charge is 0.277 e. The molecule has 1 aliphatic rings. The molecule has 6 heteroatoms. The Hall–Kier alpha value is -4.19. The highest BCUT2D eigenvalue weighted by Gasteiger charge is 2.42. The normalized spacial score (nSPS) is 15.3. The number of nitrogens with one attached hydrogen (secondary N) is 1. The lowest BCUT2D eigenvalue weighted by atomic mass is 9.96. The number of hydrogen-bond acceptors (Lipinski definition) is 4. The second-order valence-corrected chi connectivity index (χ2v) is 7.05. The summed E-state index contributed by atoms with van der Waals surface area (Å²) in [6.07, 6.45) is 0. The summed E-state index contributed by atoms with van der Waals surface area (Å²) in [6, 6.07) is 25.2. The molecule has 0 spiro atoms. The Morgan fingerprint density at radius 3 is 2.17 bits per heavy atom. The minimum Gasteiger partial charge on any atom is -0.545 e. The summed E-state index contributed by atoms with van der Waals surface area (Å²) >= 11 is 0. The first-order valence-electron chi connectivity index (χ1n) is 9.49. The van der Waals surface area contributed by atoms with Gasteiger partial charge < -0.3 is 9.90 Å². The van der Waals surface area contributed by atoms with E-state index in [2.05, 4.69) is 10.2 Å². The molecule has 0 aliphatic carbocycles. The zero-order valence-electron chi connectivity index (χ0n) is 15.8. The van der Waals surface area contributed by atoms with Crippen molar-refractivity contribution in [1.29, 1.82) is 0 Å². The third kappa shape index (κ3) is 2.78. The van der Waals surface area contributed by atoms with Crippen molar-refractivity contribution in [3.05, 3.63) is 107 Å². The SMILES string of the molecule is O=C([O-])c1ccc(N2C(=O)c3[nH]nc(-c4ccccc4)c3[C@H]2c2ccccc2)cc1.